The molecule has 2 heterocycles. The van der Waals surface area contributed by atoms with Gasteiger partial charge in [-0.1, -0.05) is 18.2 Å². The number of aromatic amines is 1. The van der Waals surface area contributed by atoms with Gasteiger partial charge in [0.25, 0.3) is 0 Å². The Morgan fingerprint density at radius 3 is 3.07 bits per heavy atom. The standard InChI is InChI=1S/C11H13N3/c1-2-5-9-8(4-1)11(14-13-9)10-6-3-7-12-10/h1-2,4-5,10,12H,3,6-7H2,(H,13,14)/t10-/m1/s1. The first-order valence-electron chi connectivity index (χ1n) is 5.11. The number of hydrogen-bond donors (Lipinski definition) is 2. The van der Waals surface area contributed by atoms with Gasteiger partial charge < -0.3 is 5.32 Å². The number of benzene rings is 1. The number of hydrogen-bond acceptors (Lipinski definition) is 2. The second-order valence-electron chi connectivity index (χ2n) is 3.80. The summed E-state index contributed by atoms with van der Waals surface area (Å²) in [7, 11) is 0. The van der Waals surface area contributed by atoms with E-state index < -0.39 is 0 Å². The van der Waals surface area contributed by atoms with Crippen LogP contribution >= 0.6 is 0 Å². The molecule has 3 rings (SSSR count). The van der Waals surface area contributed by atoms with Crippen molar-refractivity contribution in [3.8, 4) is 0 Å². The van der Waals surface area contributed by atoms with Crippen molar-refractivity contribution in [1.82, 2.24) is 15.5 Å². The van der Waals surface area contributed by atoms with Gasteiger partial charge in [0.15, 0.2) is 0 Å². The van der Waals surface area contributed by atoms with Gasteiger partial charge in [0.2, 0.25) is 0 Å². The SMILES string of the molecule is c1ccc2c([C@H]3CCCN3)[nH]nc2c1. The van der Waals surface area contributed by atoms with E-state index in [0.29, 0.717) is 6.04 Å². The third-order valence-electron chi connectivity index (χ3n) is 2.90. The molecule has 2 N–H and O–H groups in total. The summed E-state index contributed by atoms with van der Waals surface area (Å²) in [4.78, 5) is 0. The van der Waals surface area contributed by atoms with Gasteiger partial charge >= 0.3 is 0 Å². The lowest BCUT2D eigenvalue weighted by Gasteiger charge is -2.07. The third kappa shape index (κ3) is 1.13. The highest BCUT2D eigenvalue weighted by molar-refractivity contribution is 5.81. The molecule has 0 radical (unpaired) electrons. The molecule has 0 spiro atoms. The molecule has 1 aliphatic heterocycles. The predicted molar refractivity (Wildman–Crippen MR) is 56.1 cm³/mol. The van der Waals surface area contributed by atoms with Crippen LogP contribution in [-0.2, 0) is 0 Å². The van der Waals surface area contributed by atoms with Crippen LogP contribution < -0.4 is 5.32 Å². The van der Waals surface area contributed by atoms with Gasteiger partial charge in [-0.3, -0.25) is 5.10 Å². The normalized spacial score (nSPS) is 21.9. The van der Waals surface area contributed by atoms with Crippen LogP contribution in [0.25, 0.3) is 10.9 Å². The average molecular weight is 187 g/mol. The zero-order chi connectivity index (χ0) is 9.38. The molecule has 0 aliphatic carbocycles. The predicted octanol–water partition coefficient (Wildman–Crippen LogP) is 1.99. The summed E-state index contributed by atoms with van der Waals surface area (Å²) in [5, 5.41) is 12.2. The summed E-state index contributed by atoms with van der Waals surface area (Å²) in [6.45, 7) is 1.12. The molecule has 1 aromatic carbocycles. The smallest absolute Gasteiger partial charge is 0.0924 e. The van der Waals surface area contributed by atoms with Gasteiger partial charge in [-0.15, -0.1) is 0 Å². The van der Waals surface area contributed by atoms with E-state index in [1.807, 2.05) is 12.1 Å². The molecule has 14 heavy (non-hydrogen) atoms. The zero-order valence-corrected chi connectivity index (χ0v) is 7.96. The maximum absolute atomic E-state index is 4.30. The number of rotatable bonds is 1. The van der Waals surface area contributed by atoms with E-state index in [1.165, 1.54) is 23.9 Å². The highest BCUT2D eigenvalue weighted by atomic mass is 15.1. The van der Waals surface area contributed by atoms with Crippen molar-refractivity contribution in [2.45, 2.75) is 18.9 Å². The summed E-state index contributed by atoms with van der Waals surface area (Å²) in [6.07, 6.45) is 2.48. The molecule has 3 nitrogen and oxygen atoms in total. The minimum absolute atomic E-state index is 0.474. The van der Waals surface area contributed by atoms with Gasteiger partial charge in [0, 0.05) is 11.4 Å². The van der Waals surface area contributed by atoms with Crippen LogP contribution in [0.1, 0.15) is 24.6 Å². The lowest BCUT2D eigenvalue weighted by Crippen LogP contribution is -2.13. The number of nitrogens with one attached hydrogen (secondary N) is 2. The maximum Gasteiger partial charge on any atom is 0.0924 e. The fourth-order valence-corrected chi connectivity index (χ4v) is 2.18. The van der Waals surface area contributed by atoms with Crippen LogP contribution in [0.15, 0.2) is 24.3 Å². The summed E-state index contributed by atoms with van der Waals surface area (Å²) >= 11 is 0. The topological polar surface area (TPSA) is 40.7 Å². The second-order valence-corrected chi connectivity index (χ2v) is 3.80. The first kappa shape index (κ1) is 8.00. The van der Waals surface area contributed by atoms with E-state index in [-0.39, 0.29) is 0 Å². The molecular weight excluding hydrogens is 174 g/mol. The summed E-state index contributed by atoms with van der Waals surface area (Å²) in [6, 6.07) is 8.74. The Kier molecular flexibility index (Phi) is 1.77. The van der Waals surface area contributed by atoms with E-state index in [9.17, 15) is 0 Å². The van der Waals surface area contributed by atoms with Gasteiger partial charge in [-0.2, -0.15) is 5.10 Å². The maximum atomic E-state index is 4.30. The van der Waals surface area contributed by atoms with Crippen molar-refractivity contribution in [3.63, 3.8) is 0 Å². The van der Waals surface area contributed by atoms with E-state index in [2.05, 4.69) is 27.6 Å². The Morgan fingerprint density at radius 2 is 2.21 bits per heavy atom. The Labute approximate surface area is 82.5 Å². The van der Waals surface area contributed by atoms with Crippen LogP contribution in [0, 0.1) is 0 Å². The molecule has 72 valence electrons. The fraction of sp³-hybridized carbons (Fsp3) is 0.364. The highest BCUT2D eigenvalue weighted by Crippen LogP contribution is 2.27. The molecular formula is C11H13N3. The Hall–Kier alpha value is -1.35. The van der Waals surface area contributed by atoms with Crippen LogP contribution in [-0.4, -0.2) is 16.7 Å². The first-order chi connectivity index (χ1) is 6.95. The van der Waals surface area contributed by atoms with Gasteiger partial charge in [0.1, 0.15) is 0 Å². The van der Waals surface area contributed by atoms with Crippen molar-refractivity contribution in [2.75, 3.05) is 6.54 Å². The lowest BCUT2D eigenvalue weighted by molar-refractivity contribution is 0.629. The molecule has 1 atom stereocenters. The van der Waals surface area contributed by atoms with Crippen LogP contribution in [0.5, 0.6) is 0 Å². The summed E-state index contributed by atoms with van der Waals surface area (Å²) in [5.74, 6) is 0. The quantitative estimate of drug-likeness (QED) is 0.716. The van der Waals surface area contributed by atoms with Crippen LogP contribution in [0.2, 0.25) is 0 Å². The number of aromatic nitrogens is 2. The Morgan fingerprint density at radius 1 is 1.29 bits per heavy atom. The molecule has 1 saturated heterocycles. The Bertz CT molecular complexity index is 440. The van der Waals surface area contributed by atoms with Crippen molar-refractivity contribution in [1.29, 1.82) is 0 Å². The molecule has 1 aromatic heterocycles. The van der Waals surface area contributed by atoms with Gasteiger partial charge in [-0.05, 0) is 25.5 Å². The average Bonchev–Trinajstić information content (AvgIpc) is 2.85. The first-order valence-corrected chi connectivity index (χ1v) is 5.11. The van der Waals surface area contributed by atoms with Crippen molar-refractivity contribution in [3.05, 3.63) is 30.0 Å². The van der Waals surface area contributed by atoms with E-state index >= 15 is 0 Å². The minimum atomic E-state index is 0.474. The molecule has 1 aliphatic rings. The largest absolute Gasteiger partial charge is 0.309 e. The molecule has 2 aromatic rings. The molecule has 3 heteroatoms. The molecule has 0 amide bonds. The number of H-pyrrole nitrogens is 1. The van der Waals surface area contributed by atoms with E-state index in [1.54, 1.807) is 0 Å². The van der Waals surface area contributed by atoms with Crippen LogP contribution in [0.3, 0.4) is 0 Å². The number of para-hydroxylation sites is 1. The molecule has 0 saturated carbocycles. The summed E-state index contributed by atoms with van der Waals surface area (Å²) < 4.78 is 0. The molecule has 0 bridgehead atoms. The second kappa shape index (κ2) is 3.10. The van der Waals surface area contributed by atoms with Crippen molar-refractivity contribution < 1.29 is 0 Å². The van der Waals surface area contributed by atoms with E-state index in [0.717, 1.165) is 12.1 Å². The van der Waals surface area contributed by atoms with Crippen molar-refractivity contribution >= 4 is 10.9 Å². The zero-order valence-electron chi connectivity index (χ0n) is 7.96. The monoisotopic (exact) mass is 187 g/mol. The summed E-state index contributed by atoms with van der Waals surface area (Å²) in [5.41, 5.74) is 2.31. The van der Waals surface area contributed by atoms with Crippen molar-refractivity contribution in [2.24, 2.45) is 0 Å². The Balaban J connectivity index is 2.11. The third-order valence-corrected chi connectivity index (χ3v) is 2.90. The van der Waals surface area contributed by atoms with Gasteiger partial charge in [-0.25, -0.2) is 0 Å². The molecule has 1 fully saturated rings. The number of nitrogens with zero attached hydrogens (tertiary/aromatic N) is 1. The lowest BCUT2D eigenvalue weighted by atomic mass is 10.1. The van der Waals surface area contributed by atoms with Gasteiger partial charge in [0.05, 0.1) is 11.2 Å². The fourth-order valence-electron chi connectivity index (χ4n) is 2.18. The number of fused-ring (bicyclic) bond motifs is 1. The highest BCUT2D eigenvalue weighted by Gasteiger charge is 2.19. The van der Waals surface area contributed by atoms with E-state index in [4.69, 9.17) is 0 Å². The minimum Gasteiger partial charge on any atom is -0.309 e. The molecule has 0 unspecified atom stereocenters. The van der Waals surface area contributed by atoms with Crippen LogP contribution in [0.4, 0.5) is 0 Å².